The first kappa shape index (κ1) is 23.7. The number of rotatable bonds is 9. The molecule has 0 radical (unpaired) electrons. The molecule has 1 aromatic carbocycles. The summed E-state index contributed by atoms with van der Waals surface area (Å²) in [7, 11) is 1.57. The standard InChI is InChI=1S/C25H35N3O5/c1-16-14-25-19(18(21(30)26-3)24(16,2)33-25)23(32)28(12-8-5-9-13-29)20(25)22(31)27-15-17-10-6-4-7-11-17/h4,6-7,10-11,16,18-20,29H,5,8-9,12-15H2,1-3H3,(H,26,30)(H,27,31)/t16?,18-,19+,20?,24+,25?/m1/s1. The summed E-state index contributed by atoms with van der Waals surface area (Å²) in [6.45, 7) is 4.79. The lowest BCUT2D eigenvalue weighted by molar-refractivity contribution is -0.147. The average molecular weight is 458 g/mol. The van der Waals surface area contributed by atoms with Crippen LogP contribution in [0.3, 0.4) is 0 Å². The summed E-state index contributed by atoms with van der Waals surface area (Å²) in [4.78, 5) is 41.9. The molecule has 4 rings (SSSR count). The van der Waals surface area contributed by atoms with Crippen molar-refractivity contribution in [2.75, 3.05) is 20.2 Å². The van der Waals surface area contributed by atoms with Crippen LogP contribution in [0.1, 0.15) is 45.1 Å². The molecule has 3 heterocycles. The lowest BCUT2D eigenvalue weighted by Gasteiger charge is -2.36. The maximum atomic E-state index is 13.7. The van der Waals surface area contributed by atoms with Gasteiger partial charge in [0.15, 0.2) is 0 Å². The van der Waals surface area contributed by atoms with Crippen molar-refractivity contribution in [2.45, 2.75) is 63.3 Å². The summed E-state index contributed by atoms with van der Waals surface area (Å²) < 4.78 is 6.61. The summed E-state index contributed by atoms with van der Waals surface area (Å²) in [6, 6.07) is 8.85. The van der Waals surface area contributed by atoms with Gasteiger partial charge in [-0.25, -0.2) is 0 Å². The molecule has 3 N–H and O–H groups in total. The van der Waals surface area contributed by atoms with Crippen molar-refractivity contribution in [1.29, 1.82) is 0 Å². The summed E-state index contributed by atoms with van der Waals surface area (Å²) >= 11 is 0. The molecule has 3 amide bonds. The number of nitrogens with zero attached hydrogens (tertiary/aromatic N) is 1. The van der Waals surface area contributed by atoms with E-state index in [4.69, 9.17) is 9.84 Å². The number of ether oxygens (including phenoxy) is 1. The van der Waals surface area contributed by atoms with Crippen molar-refractivity contribution in [2.24, 2.45) is 17.8 Å². The molecule has 8 heteroatoms. The fourth-order valence-corrected chi connectivity index (χ4v) is 6.29. The van der Waals surface area contributed by atoms with Gasteiger partial charge in [-0.05, 0) is 44.1 Å². The minimum absolute atomic E-state index is 0.0302. The Morgan fingerprint density at radius 1 is 1.18 bits per heavy atom. The van der Waals surface area contributed by atoms with E-state index in [2.05, 4.69) is 10.6 Å². The zero-order valence-electron chi connectivity index (χ0n) is 19.7. The van der Waals surface area contributed by atoms with Gasteiger partial charge >= 0.3 is 0 Å². The summed E-state index contributed by atoms with van der Waals surface area (Å²) in [6.07, 6.45) is 2.64. The molecule has 0 aliphatic carbocycles. The lowest BCUT2D eigenvalue weighted by Crippen LogP contribution is -2.55. The Hall–Kier alpha value is -2.45. The van der Waals surface area contributed by atoms with E-state index >= 15 is 0 Å². The number of nitrogens with one attached hydrogen (secondary N) is 2. The van der Waals surface area contributed by atoms with Crippen molar-refractivity contribution < 1.29 is 24.2 Å². The zero-order valence-corrected chi connectivity index (χ0v) is 19.7. The lowest BCUT2D eigenvalue weighted by atomic mass is 9.62. The molecule has 1 spiro atoms. The van der Waals surface area contributed by atoms with E-state index in [1.54, 1.807) is 11.9 Å². The highest BCUT2D eigenvalue weighted by Gasteiger charge is 2.79. The molecular weight excluding hydrogens is 422 g/mol. The van der Waals surface area contributed by atoms with E-state index in [1.807, 2.05) is 44.2 Å². The van der Waals surface area contributed by atoms with Gasteiger partial charge in [0.1, 0.15) is 11.6 Å². The topological polar surface area (TPSA) is 108 Å². The quantitative estimate of drug-likeness (QED) is 0.484. The monoisotopic (exact) mass is 457 g/mol. The fourth-order valence-electron chi connectivity index (χ4n) is 6.29. The Morgan fingerprint density at radius 3 is 2.58 bits per heavy atom. The number of benzene rings is 1. The fraction of sp³-hybridized carbons (Fsp3) is 0.640. The molecule has 2 bridgehead atoms. The van der Waals surface area contributed by atoms with Crippen LogP contribution >= 0.6 is 0 Å². The third kappa shape index (κ3) is 3.73. The van der Waals surface area contributed by atoms with E-state index in [9.17, 15) is 14.4 Å². The van der Waals surface area contributed by atoms with Crippen LogP contribution in [0.25, 0.3) is 0 Å². The molecule has 3 unspecified atom stereocenters. The predicted octanol–water partition coefficient (Wildman–Crippen LogP) is 1.22. The number of aliphatic hydroxyl groups excluding tert-OH is 1. The average Bonchev–Trinajstić information content (AvgIpc) is 3.32. The van der Waals surface area contributed by atoms with Crippen LogP contribution in [0.2, 0.25) is 0 Å². The van der Waals surface area contributed by atoms with Gasteiger partial charge in [0.05, 0.1) is 17.4 Å². The number of aliphatic hydroxyl groups is 1. The van der Waals surface area contributed by atoms with Gasteiger partial charge < -0.3 is 25.4 Å². The Bertz CT molecular complexity index is 909. The van der Waals surface area contributed by atoms with Gasteiger partial charge in [-0.15, -0.1) is 0 Å². The summed E-state index contributed by atoms with van der Waals surface area (Å²) in [5.41, 5.74) is -0.833. The molecular formula is C25H35N3O5. The van der Waals surface area contributed by atoms with Crippen molar-refractivity contribution >= 4 is 17.7 Å². The normalized spacial score (nSPS) is 34.4. The minimum atomic E-state index is -1.01. The molecule has 3 saturated heterocycles. The Kier molecular flexibility index (Phi) is 6.51. The Morgan fingerprint density at radius 2 is 1.91 bits per heavy atom. The smallest absolute Gasteiger partial charge is 0.246 e. The third-order valence-corrected chi connectivity index (χ3v) is 7.96. The van der Waals surface area contributed by atoms with Crippen molar-refractivity contribution in [1.82, 2.24) is 15.5 Å². The van der Waals surface area contributed by atoms with Crippen LogP contribution in [-0.2, 0) is 25.7 Å². The molecule has 3 fully saturated rings. The van der Waals surface area contributed by atoms with Gasteiger partial charge in [-0.3, -0.25) is 14.4 Å². The first-order valence-electron chi connectivity index (χ1n) is 11.9. The van der Waals surface area contributed by atoms with E-state index in [1.165, 1.54) is 0 Å². The van der Waals surface area contributed by atoms with Crippen molar-refractivity contribution in [3.8, 4) is 0 Å². The first-order chi connectivity index (χ1) is 15.8. The highest BCUT2D eigenvalue weighted by molar-refractivity contribution is 5.99. The highest BCUT2D eigenvalue weighted by Crippen LogP contribution is 2.65. The number of carbonyl (C=O) groups excluding carboxylic acids is 3. The van der Waals surface area contributed by atoms with Crippen LogP contribution in [-0.4, -0.2) is 65.2 Å². The van der Waals surface area contributed by atoms with Crippen molar-refractivity contribution in [3.63, 3.8) is 0 Å². The second kappa shape index (κ2) is 9.06. The second-order valence-corrected chi connectivity index (χ2v) is 9.84. The molecule has 1 aromatic rings. The van der Waals surface area contributed by atoms with Gasteiger partial charge in [0.2, 0.25) is 17.7 Å². The van der Waals surface area contributed by atoms with Crippen LogP contribution < -0.4 is 10.6 Å². The minimum Gasteiger partial charge on any atom is -0.396 e. The molecule has 8 nitrogen and oxygen atoms in total. The largest absolute Gasteiger partial charge is 0.396 e. The maximum absolute atomic E-state index is 13.7. The number of hydrogen-bond donors (Lipinski definition) is 3. The highest BCUT2D eigenvalue weighted by atomic mass is 16.5. The molecule has 6 atom stereocenters. The van der Waals surface area contributed by atoms with E-state index in [0.717, 1.165) is 12.0 Å². The molecule has 0 aromatic heterocycles. The second-order valence-electron chi connectivity index (χ2n) is 9.84. The van der Waals surface area contributed by atoms with Gasteiger partial charge in [-0.1, -0.05) is 37.3 Å². The molecule has 3 aliphatic rings. The third-order valence-electron chi connectivity index (χ3n) is 7.96. The van der Waals surface area contributed by atoms with Crippen LogP contribution in [0, 0.1) is 17.8 Å². The van der Waals surface area contributed by atoms with Gasteiger partial charge in [-0.2, -0.15) is 0 Å². The van der Waals surface area contributed by atoms with Gasteiger partial charge in [0, 0.05) is 26.7 Å². The van der Waals surface area contributed by atoms with E-state index in [0.29, 0.717) is 32.4 Å². The van der Waals surface area contributed by atoms with Crippen molar-refractivity contribution in [3.05, 3.63) is 35.9 Å². The number of hydrogen-bond acceptors (Lipinski definition) is 5. The number of amides is 3. The number of fused-ring (bicyclic) bond motifs is 1. The van der Waals surface area contributed by atoms with Gasteiger partial charge in [0.25, 0.3) is 0 Å². The zero-order chi connectivity index (χ0) is 23.8. The Balaban J connectivity index is 1.65. The SMILES string of the molecule is CNC(=O)[C@H]1[C@H]2C(=O)N(CCCCCO)C(C(=O)NCc3ccccc3)C23CC(C)[C@]1(C)O3. The number of carbonyl (C=O) groups is 3. The Labute approximate surface area is 195 Å². The summed E-state index contributed by atoms with van der Waals surface area (Å²) in [5, 5.41) is 14.8. The van der Waals surface area contributed by atoms with Crippen LogP contribution in [0.15, 0.2) is 30.3 Å². The van der Waals surface area contributed by atoms with E-state index in [-0.39, 0.29) is 30.2 Å². The predicted molar refractivity (Wildman–Crippen MR) is 122 cm³/mol. The maximum Gasteiger partial charge on any atom is 0.246 e. The number of likely N-dealkylation sites (tertiary alicyclic amines) is 1. The van der Waals surface area contributed by atoms with Crippen LogP contribution in [0.4, 0.5) is 0 Å². The molecule has 3 aliphatic heterocycles. The molecule has 0 saturated carbocycles. The first-order valence-corrected chi connectivity index (χ1v) is 11.9. The summed E-state index contributed by atoms with van der Waals surface area (Å²) in [5.74, 6) is -1.92. The van der Waals surface area contributed by atoms with Crippen LogP contribution in [0.5, 0.6) is 0 Å². The molecule has 33 heavy (non-hydrogen) atoms. The van der Waals surface area contributed by atoms with E-state index < -0.39 is 29.1 Å². The molecule has 180 valence electrons. The number of unbranched alkanes of at least 4 members (excludes halogenated alkanes) is 2.